The molecule has 1 saturated heterocycles. The molecule has 0 radical (unpaired) electrons. The third-order valence-electron chi connectivity index (χ3n) is 6.03. The van der Waals surface area contributed by atoms with Gasteiger partial charge in [0.1, 0.15) is 23.7 Å². The van der Waals surface area contributed by atoms with Crippen molar-refractivity contribution in [2.45, 2.75) is 33.6 Å². The van der Waals surface area contributed by atoms with Crippen LogP contribution in [0.5, 0.6) is 11.6 Å². The van der Waals surface area contributed by atoms with Gasteiger partial charge in [0.2, 0.25) is 11.8 Å². The Kier molecular flexibility index (Phi) is 6.35. The Balaban J connectivity index is 1.36. The highest BCUT2D eigenvalue weighted by Crippen LogP contribution is 2.29. The first-order chi connectivity index (χ1) is 15.4. The average Bonchev–Trinajstić information content (AvgIpc) is 2.80. The molecular weight excluding hydrogens is 407 g/mol. The van der Waals surface area contributed by atoms with Crippen molar-refractivity contribution >= 4 is 17.4 Å². The zero-order valence-corrected chi connectivity index (χ0v) is 18.6. The van der Waals surface area contributed by atoms with E-state index in [9.17, 15) is 9.18 Å². The molecule has 0 aliphatic carbocycles. The Labute approximate surface area is 187 Å². The normalized spacial score (nSPS) is 14.3. The summed E-state index contributed by atoms with van der Waals surface area (Å²) in [7, 11) is 0. The van der Waals surface area contributed by atoms with Crippen LogP contribution in [0.4, 0.5) is 15.9 Å². The SMILES string of the molecule is Cc1ccc(NC(=O)C2CCN(c3cc(Oc4cccc(C)c4C)ncn3)CC2)cc1F. The zero-order chi connectivity index (χ0) is 22.7. The molecular formula is C25H27FN4O2. The van der Waals surface area contributed by atoms with Gasteiger partial charge in [-0.2, -0.15) is 0 Å². The van der Waals surface area contributed by atoms with Gasteiger partial charge in [-0.3, -0.25) is 4.79 Å². The Morgan fingerprint density at radius 3 is 2.59 bits per heavy atom. The number of carbonyl (C=O) groups excluding carboxylic acids is 1. The lowest BCUT2D eigenvalue weighted by molar-refractivity contribution is -0.120. The first kappa shape index (κ1) is 21.7. The molecule has 0 atom stereocenters. The average molecular weight is 435 g/mol. The van der Waals surface area contributed by atoms with E-state index in [-0.39, 0.29) is 17.6 Å². The van der Waals surface area contributed by atoms with E-state index in [1.807, 2.05) is 38.1 Å². The summed E-state index contributed by atoms with van der Waals surface area (Å²) in [5.41, 5.74) is 3.28. The number of anilines is 2. The van der Waals surface area contributed by atoms with E-state index in [0.29, 0.717) is 43.1 Å². The highest BCUT2D eigenvalue weighted by molar-refractivity contribution is 5.92. The van der Waals surface area contributed by atoms with Crippen LogP contribution in [-0.2, 0) is 4.79 Å². The number of nitrogens with one attached hydrogen (secondary N) is 1. The molecule has 4 rings (SSSR count). The highest BCUT2D eigenvalue weighted by atomic mass is 19.1. The van der Waals surface area contributed by atoms with E-state index in [0.717, 1.165) is 22.7 Å². The zero-order valence-electron chi connectivity index (χ0n) is 18.6. The minimum absolute atomic E-state index is 0.0745. The first-order valence-electron chi connectivity index (χ1n) is 10.8. The van der Waals surface area contributed by atoms with Crippen LogP contribution in [0.1, 0.15) is 29.5 Å². The molecule has 1 aliphatic rings. The number of nitrogens with zero attached hydrogens (tertiary/aromatic N) is 3. The van der Waals surface area contributed by atoms with Crippen LogP contribution in [-0.4, -0.2) is 29.0 Å². The molecule has 0 spiro atoms. The Hall–Kier alpha value is -3.48. The number of halogens is 1. The molecule has 1 aliphatic heterocycles. The second kappa shape index (κ2) is 9.34. The molecule has 32 heavy (non-hydrogen) atoms. The van der Waals surface area contributed by atoms with Crippen molar-refractivity contribution in [3.05, 3.63) is 71.3 Å². The summed E-state index contributed by atoms with van der Waals surface area (Å²) >= 11 is 0. The van der Waals surface area contributed by atoms with Gasteiger partial charge in [-0.1, -0.05) is 18.2 Å². The summed E-state index contributed by atoms with van der Waals surface area (Å²) in [6.07, 6.45) is 2.88. The minimum Gasteiger partial charge on any atom is -0.439 e. The van der Waals surface area contributed by atoms with Gasteiger partial charge in [-0.25, -0.2) is 14.4 Å². The van der Waals surface area contributed by atoms with E-state index in [1.165, 1.54) is 12.4 Å². The molecule has 1 aromatic heterocycles. The van der Waals surface area contributed by atoms with Crippen LogP contribution in [0.3, 0.4) is 0 Å². The van der Waals surface area contributed by atoms with Gasteiger partial charge in [0.05, 0.1) is 0 Å². The van der Waals surface area contributed by atoms with Crippen molar-refractivity contribution in [3.8, 4) is 11.6 Å². The van der Waals surface area contributed by atoms with Crippen molar-refractivity contribution in [1.29, 1.82) is 0 Å². The van der Waals surface area contributed by atoms with Gasteiger partial charge in [-0.05, 0) is 68.5 Å². The third kappa shape index (κ3) is 4.88. The molecule has 1 N–H and O–H groups in total. The molecule has 0 unspecified atom stereocenters. The quantitative estimate of drug-likeness (QED) is 0.599. The van der Waals surface area contributed by atoms with Gasteiger partial charge < -0.3 is 15.0 Å². The predicted octanol–water partition coefficient (Wildman–Crippen LogP) is 5.19. The van der Waals surface area contributed by atoms with Gasteiger partial charge in [-0.15, -0.1) is 0 Å². The maximum atomic E-state index is 13.7. The Morgan fingerprint density at radius 1 is 1.06 bits per heavy atom. The number of benzene rings is 2. The van der Waals surface area contributed by atoms with Crippen LogP contribution in [0.2, 0.25) is 0 Å². The summed E-state index contributed by atoms with van der Waals surface area (Å²) in [6, 6.07) is 12.5. The number of ether oxygens (including phenoxy) is 1. The molecule has 1 fully saturated rings. The number of amides is 1. The molecule has 6 nitrogen and oxygen atoms in total. The predicted molar refractivity (Wildman–Crippen MR) is 123 cm³/mol. The van der Waals surface area contributed by atoms with E-state index in [1.54, 1.807) is 19.1 Å². The molecule has 7 heteroatoms. The lowest BCUT2D eigenvalue weighted by Crippen LogP contribution is -2.38. The fraction of sp³-hybridized carbons (Fsp3) is 0.320. The second-order valence-corrected chi connectivity index (χ2v) is 8.23. The maximum absolute atomic E-state index is 13.7. The van der Waals surface area contributed by atoms with E-state index < -0.39 is 0 Å². The molecule has 3 aromatic rings. The largest absolute Gasteiger partial charge is 0.439 e. The maximum Gasteiger partial charge on any atom is 0.227 e. The highest BCUT2D eigenvalue weighted by Gasteiger charge is 2.26. The van der Waals surface area contributed by atoms with Crippen LogP contribution in [0.15, 0.2) is 48.8 Å². The smallest absolute Gasteiger partial charge is 0.227 e. The van der Waals surface area contributed by atoms with Gasteiger partial charge >= 0.3 is 0 Å². The number of hydrogen-bond donors (Lipinski definition) is 1. The van der Waals surface area contributed by atoms with Crippen LogP contribution in [0, 0.1) is 32.5 Å². The van der Waals surface area contributed by atoms with Gasteiger partial charge in [0.25, 0.3) is 0 Å². The van der Waals surface area contributed by atoms with E-state index in [2.05, 4.69) is 20.2 Å². The van der Waals surface area contributed by atoms with Crippen molar-refractivity contribution in [3.63, 3.8) is 0 Å². The Morgan fingerprint density at radius 2 is 1.84 bits per heavy atom. The van der Waals surface area contributed by atoms with E-state index >= 15 is 0 Å². The number of piperidine rings is 1. The van der Waals surface area contributed by atoms with Crippen molar-refractivity contribution in [2.75, 3.05) is 23.3 Å². The number of hydrogen-bond acceptors (Lipinski definition) is 5. The molecule has 2 heterocycles. The third-order valence-corrected chi connectivity index (χ3v) is 6.03. The van der Waals surface area contributed by atoms with Crippen LogP contribution >= 0.6 is 0 Å². The summed E-state index contributed by atoms with van der Waals surface area (Å²) in [4.78, 5) is 23.4. The number of carbonyl (C=O) groups is 1. The van der Waals surface area contributed by atoms with Crippen molar-refractivity contribution in [2.24, 2.45) is 5.92 Å². The lowest BCUT2D eigenvalue weighted by Gasteiger charge is -2.32. The topological polar surface area (TPSA) is 67.4 Å². The number of rotatable bonds is 5. The Bertz CT molecular complexity index is 1130. The second-order valence-electron chi connectivity index (χ2n) is 8.23. The van der Waals surface area contributed by atoms with Crippen molar-refractivity contribution < 1.29 is 13.9 Å². The lowest BCUT2D eigenvalue weighted by atomic mass is 9.95. The summed E-state index contributed by atoms with van der Waals surface area (Å²) in [5, 5.41) is 2.84. The minimum atomic E-state index is -0.319. The standard InChI is InChI=1S/C25H27FN4O2/c1-16-5-4-6-22(18(16)3)32-24-14-23(27-15-28-24)30-11-9-19(10-12-30)25(31)29-20-8-7-17(2)21(26)13-20/h4-8,13-15,19H,9-12H2,1-3H3,(H,29,31). The fourth-order valence-corrected chi connectivity index (χ4v) is 3.79. The van der Waals surface area contributed by atoms with Crippen LogP contribution < -0.4 is 15.0 Å². The van der Waals surface area contributed by atoms with E-state index in [4.69, 9.17) is 4.74 Å². The summed E-state index contributed by atoms with van der Waals surface area (Å²) in [6.45, 7) is 7.15. The van der Waals surface area contributed by atoms with Gasteiger partial charge in [0.15, 0.2) is 0 Å². The van der Waals surface area contributed by atoms with Gasteiger partial charge in [0, 0.05) is 30.8 Å². The molecule has 166 valence electrons. The van der Waals surface area contributed by atoms with Crippen LogP contribution in [0.25, 0.3) is 0 Å². The monoisotopic (exact) mass is 434 g/mol. The molecule has 2 aromatic carbocycles. The molecule has 0 saturated carbocycles. The molecule has 1 amide bonds. The number of aryl methyl sites for hydroxylation is 2. The number of aromatic nitrogens is 2. The summed E-state index contributed by atoms with van der Waals surface area (Å²) < 4.78 is 19.7. The molecule has 0 bridgehead atoms. The summed E-state index contributed by atoms with van der Waals surface area (Å²) in [5.74, 6) is 1.53. The fourth-order valence-electron chi connectivity index (χ4n) is 3.79. The van der Waals surface area contributed by atoms with Crippen molar-refractivity contribution in [1.82, 2.24) is 9.97 Å². The first-order valence-corrected chi connectivity index (χ1v) is 10.8.